The lowest BCUT2D eigenvalue weighted by molar-refractivity contribution is -0.328. The molecule has 0 unspecified atom stereocenters. The smallest absolute Gasteiger partial charge is 0.299 e. The summed E-state index contributed by atoms with van der Waals surface area (Å²) in [6, 6.07) is 0. The van der Waals surface area contributed by atoms with Gasteiger partial charge in [0.2, 0.25) is 31.0 Å². The molecular weight excluding hydrogens is 977 g/mol. The Labute approximate surface area is 352 Å². The van der Waals surface area contributed by atoms with Crippen LogP contribution in [0.4, 0.5) is 4.20 Å². The molecule has 0 radical (unpaired) electrons. The molecule has 7 aliphatic rings. The van der Waals surface area contributed by atoms with Crippen LogP contribution < -0.4 is 9.79 Å². The quantitative estimate of drug-likeness (QED) is 0.191. The molecule has 7 rings (SSSR count). The van der Waals surface area contributed by atoms with Crippen LogP contribution in [-0.2, 0) is 4.57 Å². The maximum Gasteiger partial charge on any atom is 0.299 e. The zero-order valence-electron chi connectivity index (χ0n) is 29.1. The summed E-state index contributed by atoms with van der Waals surface area (Å²) in [5.41, 5.74) is 0. The molecule has 6 aliphatic heterocycles. The first-order valence-corrected chi connectivity index (χ1v) is 29.7. The third kappa shape index (κ3) is 12.7. The first-order chi connectivity index (χ1) is 24.1. The summed E-state index contributed by atoms with van der Waals surface area (Å²) in [7, 11) is -5.64. The van der Waals surface area contributed by atoms with Gasteiger partial charge in [-0.15, -0.1) is 97.6 Å². The van der Waals surface area contributed by atoms with E-state index in [1.807, 2.05) is 0 Å². The zero-order chi connectivity index (χ0) is 37.4. The molecule has 300 valence electrons. The fourth-order valence-electron chi connectivity index (χ4n) is 7.86. The van der Waals surface area contributed by atoms with Crippen LogP contribution in [0.3, 0.4) is 0 Å². The highest BCUT2D eigenvalue weighted by atomic mass is 79.9. The van der Waals surface area contributed by atoms with E-state index in [2.05, 4.69) is 59.0 Å². The highest BCUT2D eigenvalue weighted by molar-refractivity contribution is 9.41. The minimum atomic E-state index is -5.64. The van der Waals surface area contributed by atoms with Gasteiger partial charge in [-0.25, -0.2) is 4.20 Å². The predicted molar refractivity (Wildman–Crippen MR) is 223 cm³/mol. The molecule has 21 heteroatoms. The molecule has 0 amide bonds. The van der Waals surface area contributed by atoms with Gasteiger partial charge >= 0.3 is 0 Å². The first-order valence-electron chi connectivity index (χ1n) is 18.4. The largest absolute Gasteiger partial charge is 0.786 e. The van der Waals surface area contributed by atoms with Crippen LogP contribution in [0, 0.1) is 0 Å². The second-order valence-corrected chi connectivity index (χ2v) is 29.0. The van der Waals surface area contributed by atoms with Crippen molar-refractivity contribution in [2.45, 2.75) is 109 Å². The minimum absolute atomic E-state index is 0.437. The van der Waals surface area contributed by atoms with Crippen molar-refractivity contribution in [3.8, 4) is 0 Å². The van der Waals surface area contributed by atoms with E-state index in [4.69, 9.17) is 84.0 Å². The Balaban J connectivity index is 0.000000163. The van der Waals surface area contributed by atoms with Gasteiger partial charge < -0.3 is 14.4 Å². The topological polar surface area (TPSA) is 82.6 Å². The molecular formula is C30H54Br2Cl6FN6O3P3. The van der Waals surface area contributed by atoms with Gasteiger partial charge in [0.1, 0.15) is 7.91 Å². The Hall–Kier alpha value is 3.40. The average molecular weight is 1030 g/mol. The Morgan fingerprint density at radius 2 is 0.510 bits per heavy atom. The number of rotatable bonds is 6. The number of hydrogen-bond acceptors (Lipinski definition) is 9. The Morgan fingerprint density at radius 3 is 0.608 bits per heavy atom. The molecule has 9 nitrogen and oxygen atoms in total. The Kier molecular flexibility index (Phi) is 20.4. The molecule has 1 saturated carbocycles. The van der Waals surface area contributed by atoms with E-state index in [9.17, 15) is 4.20 Å². The van der Waals surface area contributed by atoms with Crippen LogP contribution in [-0.4, -0.2) is 139 Å². The summed E-state index contributed by atoms with van der Waals surface area (Å²) in [5, 5.41) is -2.62. The van der Waals surface area contributed by atoms with E-state index in [0.717, 1.165) is 0 Å². The van der Waals surface area contributed by atoms with Crippen molar-refractivity contribution in [1.29, 1.82) is 0 Å². The number of alkyl halides is 6. The fourth-order valence-corrected chi connectivity index (χ4v) is 22.8. The predicted octanol–water partition coefficient (Wildman–Crippen LogP) is 9.12. The Bertz CT molecular complexity index is 888. The monoisotopic (exact) mass is 1030 g/mol. The van der Waals surface area contributed by atoms with Gasteiger partial charge in [-0.05, 0) is 77.0 Å². The van der Waals surface area contributed by atoms with E-state index in [1.54, 1.807) is 0 Å². The highest BCUT2D eigenvalue weighted by Gasteiger charge is 2.58. The van der Waals surface area contributed by atoms with E-state index >= 15 is 0 Å². The summed E-state index contributed by atoms with van der Waals surface area (Å²) in [5.74, 6) is 0. The third-order valence-electron chi connectivity index (χ3n) is 10.5. The van der Waals surface area contributed by atoms with Crippen molar-refractivity contribution in [3.63, 3.8) is 0 Å². The van der Waals surface area contributed by atoms with Crippen LogP contribution in [0.15, 0.2) is 0 Å². The van der Waals surface area contributed by atoms with Crippen LogP contribution in [0.5, 0.6) is 0 Å². The van der Waals surface area contributed by atoms with Crippen molar-refractivity contribution in [1.82, 2.24) is 28.0 Å². The summed E-state index contributed by atoms with van der Waals surface area (Å²) in [6.07, 6.45) is 14.2. The maximum absolute atomic E-state index is 10.1. The van der Waals surface area contributed by atoms with Gasteiger partial charge in [0, 0.05) is 78.5 Å². The molecule has 6 heterocycles. The second-order valence-electron chi connectivity index (χ2n) is 14.1. The van der Waals surface area contributed by atoms with E-state index < -0.39 is 53.0 Å². The lowest BCUT2D eigenvalue weighted by atomic mass is 9.97. The second kappa shape index (κ2) is 22.1. The van der Waals surface area contributed by atoms with Crippen LogP contribution in [0.1, 0.15) is 77.0 Å². The van der Waals surface area contributed by atoms with Crippen LogP contribution >= 0.6 is 121 Å². The first kappa shape index (κ1) is 47.1. The molecule has 6 saturated heterocycles. The maximum atomic E-state index is 10.1. The molecule has 1 aliphatic carbocycles. The number of halogens is 9. The lowest BCUT2D eigenvalue weighted by Gasteiger charge is -2.38. The minimum Gasteiger partial charge on any atom is -0.786 e. The van der Waals surface area contributed by atoms with Crippen LogP contribution in [0.2, 0.25) is 0 Å². The van der Waals surface area contributed by atoms with Gasteiger partial charge in [0.25, 0.3) is 12.8 Å². The van der Waals surface area contributed by atoms with E-state index in [-0.39, 0.29) is 0 Å². The number of hydrogen-bond donors (Lipinski definition) is 0. The molecule has 0 spiro atoms. The van der Waals surface area contributed by atoms with Crippen molar-refractivity contribution < 1.29 is 18.5 Å². The summed E-state index contributed by atoms with van der Waals surface area (Å²) in [4.78, 5) is 16.9. The van der Waals surface area contributed by atoms with Crippen molar-refractivity contribution in [2.75, 3.05) is 78.5 Å². The molecule has 0 aromatic carbocycles. The average Bonchev–Trinajstić information content (AvgIpc) is 3.95. The molecule has 0 aromatic heterocycles. The van der Waals surface area contributed by atoms with E-state index in [1.165, 1.54) is 156 Å². The highest BCUT2D eigenvalue weighted by Crippen LogP contribution is 2.77. The third-order valence-corrected chi connectivity index (χ3v) is 29.3. The molecule has 0 N–H and O–H groups in total. The fraction of sp³-hybridized carbons (Fsp3) is 1.00. The molecule has 0 aromatic rings. The van der Waals surface area contributed by atoms with Crippen molar-refractivity contribution >= 4 is 121 Å². The SMILES string of the molecule is Br[P+](N1CCCC1)(N1CCCC1)N1CCCC1.Br[P+](N1CCCC1)(N1CCCC1)N1CCCC1.Cl[C@H]1[C@H](Cl)[C@@H](Cl)[C@@H](Cl)[C@H](Cl)[C@H]1Cl.O=P([O-])([O-])F. The molecule has 0 bridgehead atoms. The standard InChI is InChI=1S/2C12H24BrN3P.C6H6Cl6.FH2O3P/c2*13-17(14-7-1-2-8-14,15-9-3-4-10-15)16-11-5-6-12-16;7-1-2(8)4(10)6(12)5(11)3(1)9;1-5(2,3)4/h2*1-12H2;1-6H;(H2,2,3,4)/q2*+1;;/p-2/t;;1-,2-,3-,4+,5+,6+;. The normalized spacial score (nSPS) is 33.9. The lowest BCUT2D eigenvalue weighted by Crippen LogP contribution is -2.52. The van der Waals surface area contributed by atoms with Gasteiger partial charge in [0.05, 0.1) is 32.3 Å². The van der Waals surface area contributed by atoms with Crippen molar-refractivity contribution in [2.24, 2.45) is 0 Å². The molecule has 51 heavy (non-hydrogen) atoms. The van der Waals surface area contributed by atoms with Gasteiger partial charge in [0.15, 0.2) is 0 Å². The summed E-state index contributed by atoms with van der Waals surface area (Å²) in [6.45, 7) is 15.7. The number of nitrogens with zero attached hydrogens (tertiary/aromatic N) is 6. The van der Waals surface area contributed by atoms with Crippen molar-refractivity contribution in [3.05, 3.63) is 0 Å². The Morgan fingerprint density at radius 1 is 0.412 bits per heavy atom. The molecule has 7 fully saturated rings. The van der Waals surface area contributed by atoms with Gasteiger partial charge in [-0.2, -0.15) is 0 Å². The molecule has 0 atom stereocenters. The van der Waals surface area contributed by atoms with Gasteiger partial charge in [-0.1, -0.05) is 0 Å². The zero-order valence-corrected chi connectivity index (χ0v) is 39.5. The van der Waals surface area contributed by atoms with Crippen LogP contribution in [0.25, 0.3) is 0 Å². The van der Waals surface area contributed by atoms with Gasteiger partial charge in [-0.3, -0.25) is 0 Å². The summed E-state index contributed by atoms with van der Waals surface area (Å²) >= 11 is 43.8. The van der Waals surface area contributed by atoms with E-state index in [0.29, 0.717) is 0 Å². The summed E-state index contributed by atoms with van der Waals surface area (Å²) < 4.78 is 35.3.